The Morgan fingerprint density at radius 2 is 1.86 bits per heavy atom. The topological polar surface area (TPSA) is 79.8 Å². The van der Waals surface area contributed by atoms with Crippen LogP contribution in [0.5, 0.6) is 0 Å². The first-order valence-corrected chi connectivity index (χ1v) is 9.49. The number of hydrogen-bond acceptors (Lipinski definition) is 5. The standard InChI is InChI=1S/C22H23N5O/c1-14-4-3-5-18(25-14)20(15-6-7-15)27-22(28)17-10-8-16(9-11-17)21-24-13-12-19(23-2)26-21/h3-5,8-13,15,20H,6-7H2,1-2H3,(H,27,28)(H,23,24,26)/t20-/m1/s1. The molecule has 1 aliphatic rings. The van der Waals surface area contributed by atoms with E-state index < -0.39 is 0 Å². The van der Waals surface area contributed by atoms with Crippen molar-refractivity contribution in [2.24, 2.45) is 5.92 Å². The molecule has 0 unspecified atom stereocenters. The van der Waals surface area contributed by atoms with Crippen molar-refractivity contribution in [2.75, 3.05) is 12.4 Å². The number of amides is 1. The molecular formula is C22H23N5O. The maximum Gasteiger partial charge on any atom is 0.251 e. The van der Waals surface area contributed by atoms with Crippen LogP contribution in [0.15, 0.2) is 54.7 Å². The quantitative estimate of drug-likeness (QED) is 0.687. The van der Waals surface area contributed by atoms with Crippen LogP contribution < -0.4 is 10.6 Å². The van der Waals surface area contributed by atoms with Crippen LogP contribution in [0.1, 0.15) is 40.6 Å². The number of benzene rings is 1. The molecule has 6 nitrogen and oxygen atoms in total. The molecule has 1 saturated carbocycles. The number of aromatic nitrogens is 3. The van der Waals surface area contributed by atoms with Gasteiger partial charge in [-0.25, -0.2) is 9.97 Å². The third-order valence-electron chi connectivity index (χ3n) is 4.93. The summed E-state index contributed by atoms with van der Waals surface area (Å²) in [4.78, 5) is 26.2. The molecule has 0 aliphatic heterocycles. The molecule has 3 aromatic rings. The van der Waals surface area contributed by atoms with Crippen LogP contribution in [0.3, 0.4) is 0 Å². The van der Waals surface area contributed by atoms with Gasteiger partial charge in [-0.1, -0.05) is 18.2 Å². The summed E-state index contributed by atoms with van der Waals surface area (Å²) >= 11 is 0. The lowest BCUT2D eigenvalue weighted by atomic mass is 10.1. The normalized spacial score (nSPS) is 14.4. The van der Waals surface area contributed by atoms with Gasteiger partial charge >= 0.3 is 0 Å². The molecule has 0 spiro atoms. The number of rotatable bonds is 6. The molecular weight excluding hydrogens is 350 g/mol. The van der Waals surface area contributed by atoms with Crippen LogP contribution in [-0.2, 0) is 0 Å². The zero-order valence-corrected chi connectivity index (χ0v) is 16.0. The molecule has 142 valence electrons. The van der Waals surface area contributed by atoms with Gasteiger partial charge in [0.15, 0.2) is 5.82 Å². The third-order valence-corrected chi connectivity index (χ3v) is 4.93. The first-order valence-electron chi connectivity index (χ1n) is 9.49. The van der Waals surface area contributed by atoms with Crippen molar-refractivity contribution in [1.82, 2.24) is 20.3 Å². The van der Waals surface area contributed by atoms with Gasteiger partial charge in [-0.3, -0.25) is 9.78 Å². The second-order valence-corrected chi connectivity index (χ2v) is 7.09. The number of carbonyl (C=O) groups excluding carboxylic acids is 1. The van der Waals surface area contributed by atoms with E-state index >= 15 is 0 Å². The van der Waals surface area contributed by atoms with Gasteiger partial charge in [-0.05, 0) is 56.0 Å². The number of pyridine rings is 1. The predicted molar refractivity (Wildman–Crippen MR) is 109 cm³/mol. The first-order chi connectivity index (χ1) is 13.6. The van der Waals surface area contributed by atoms with E-state index in [1.807, 2.05) is 62.5 Å². The molecule has 2 N–H and O–H groups in total. The van der Waals surface area contributed by atoms with E-state index in [0.29, 0.717) is 17.3 Å². The highest BCUT2D eigenvalue weighted by molar-refractivity contribution is 5.94. The number of nitrogens with zero attached hydrogens (tertiary/aromatic N) is 3. The molecule has 2 heterocycles. The average Bonchev–Trinajstić information content (AvgIpc) is 3.57. The summed E-state index contributed by atoms with van der Waals surface area (Å²) < 4.78 is 0. The van der Waals surface area contributed by atoms with Gasteiger partial charge in [-0.2, -0.15) is 0 Å². The molecule has 4 rings (SSSR count). The van der Waals surface area contributed by atoms with Crippen molar-refractivity contribution in [2.45, 2.75) is 25.8 Å². The fraction of sp³-hybridized carbons (Fsp3) is 0.273. The Hall–Kier alpha value is -3.28. The monoisotopic (exact) mass is 373 g/mol. The molecule has 1 aliphatic carbocycles. The third kappa shape index (κ3) is 4.01. The van der Waals surface area contributed by atoms with Gasteiger partial charge in [0, 0.05) is 30.1 Å². The molecule has 2 aromatic heterocycles. The predicted octanol–water partition coefficient (Wildman–Crippen LogP) is 3.77. The van der Waals surface area contributed by atoms with Crippen molar-refractivity contribution in [1.29, 1.82) is 0 Å². The Bertz CT molecular complexity index is 982. The second-order valence-electron chi connectivity index (χ2n) is 7.09. The van der Waals surface area contributed by atoms with Gasteiger partial charge in [-0.15, -0.1) is 0 Å². The Morgan fingerprint density at radius 1 is 1.07 bits per heavy atom. The molecule has 28 heavy (non-hydrogen) atoms. The Balaban J connectivity index is 1.51. The summed E-state index contributed by atoms with van der Waals surface area (Å²) in [6.45, 7) is 1.97. The lowest BCUT2D eigenvalue weighted by Gasteiger charge is -2.18. The van der Waals surface area contributed by atoms with Crippen LogP contribution in [-0.4, -0.2) is 27.9 Å². The van der Waals surface area contributed by atoms with Crippen LogP contribution in [0.2, 0.25) is 0 Å². The second kappa shape index (κ2) is 7.76. The maximum absolute atomic E-state index is 12.8. The van der Waals surface area contributed by atoms with E-state index in [4.69, 9.17) is 0 Å². The SMILES string of the molecule is CNc1ccnc(-c2ccc(C(=O)N[C@@H](c3cccc(C)n3)C3CC3)cc2)n1. The van der Waals surface area contributed by atoms with Gasteiger partial charge in [0.05, 0.1) is 11.7 Å². The summed E-state index contributed by atoms with van der Waals surface area (Å²) in [5, 5.41) is 6.18. The highest BCUT2D eigenvalue weighted by Gasteiger charge is 2.34. The Morgan fingerprint density at radius 3 is 2.54 bits per heavy atom. The zero-order chi connectivity index (χ0) is 19.5. The molecule has 1 fully saturated rings. The van der Waals surface area contributed by atoms with E-state index in [9.17, 15) is 4.79 Å². The Labute approximate surface area is 164 Å². The van der Waals surface area contributed by atoms with Crippen LogP contribution in [0.4, 0.5) is 5.82 Å². The van der Waals surface area contributed by atoms with E-state index in [2.05, 4.69) is 25.6 Å². The fourth-order valence-electron chi connectivity index (χ4n) is 3.23. The van der Waals surface area contributed by atoms with E-state index in [0.717, 1.165) is 35.6 Å². The fourth-order valence-corrected chi connectivity index (χ4v) is 3.23. The zero-order valence-electron chi connectivity index (χ0n) is 16.0. The lowest BCUT2D eigenvalue weighted by molar-refractivity contribution is 0.0930. The number of hydrogen-bond donors (Lipinski definition) is 2. The summed E-state index contributed by atoms with van der Waals surface area (Å²) in [6.07, 6.45) is 3.96. The van der Waals surface area contributed by atoms with Crippen LogP contribution in [0, 0.1) is 12.8 Å². The van der Waals surface area contributed by atoms with Crippen molar-refractivity contribution in [3.8, 4) is 11.4 Å². The van der Waals surface area contributed by atoms with E-state index in [-0.39, 0.29) is 11.9 Å². The highest BCUT2D eigenvalue weighted by atomic mass is 16.1. The summed E-state index contributed by atoms with van der Waals surface area (Å²) in [5.41, 5.74) is 3.38. The van der Waals surface area contributed by atoms with Crippen molar-refractivity contribution in [3.63, 3.8) is 0 Å². The number of carbonyl (C=O) groups is 1. The van der Waals surface area contributed by atoms with E-state index in [1.54, 1.807) is 6.20 Å². The minimum absolute atomic E-state index is 0.0391. The van der Waals surface area contributed by atoms with Gasteiger partial charge in [0.25, 0.3) is 5.91 Å². The largest absolute Gasteiger partial charge is 0.373 e. The van der Waals surface area contributed by atoms with Gasteiger partial charge in [0.2, 0.25) is 0 Å². The molecule has 0 radical (unpaired) electrons. The molecule has 0 saturated heterocycles. The van der Waals surface area contributed by atoms with Crippen LogP contribution in [0.25, 0.3) is 11.4 Å². The maximum atomic E-state index is 12.8. The molecule has 1 atom stereocenters. The summed E-state index contributed by atoms with van der Waals surface area (Å²) in [6, 6.07) is 15.1. The van der Waals surface area contributed by atoms with E-state index in [1.165, 1.54) is 0 Å². The van der Waals surface area contributed by atoms with Crippen molar-refractivity contribution >= 4 is 11.7 Å². The molecule has 1 aromatic carbocycles. The van der Waals surface area contributed by atoms with Crippen molar-refractivity contribution < 1.29 is 4.79 Å². The number of aryl methyl sites for hydroxylation is 1. The smallest absolute Gasteiger partial charge is 0.251 e. The Kier molecular flexibility index (Phi) is 5.02. The highest BCUT2D eigenvalue weighted by Crippen LogP contribution is 2.40. The molecule has 0 bridgehead atoms. The summed E-state index contributed by atoms with van der Waals surface area (Å²) in [5.74, 6) is 1.76. The minimum Gasteiger partial charge on any atom is -0.373 e. The van der Waals surface area contributed by atoms with Gasteiger partial charge < -0.3 is 10.6 Å². The van der Waals surface area contributed by atoms with Gasteiger partial charge in [0.1, 0.15) is 5.82 Å². The van der Waals surface area contributed by atoms with Crippen LogP contribution >= 0.6 is 0 Å². The summed E-state index contributed by atoms with van der Waals surface area (Å²) in [7, 11) is 1.82. The van der Waals surface area contributed by atoms with Crippen molar-refractivity contribution in [3.05, 3.63) is 71.7 Å². The lowest BCUT2D eigenvalue weighted by Crippen LogP contribution is -2.30. The molecule has 1 amide bonds. The minimum atomic E-state index is -0.0864. The molecule has 6 heteroatoms. The average molecular weight is 373 g/mol. The number of nitrogens with one attached hydrogen (secondary N) is 2. The first kappa shape index (κ1) is 18.1. The number of anilines is 1.